The standard InChI is InChI=1S/C12H25NOSSi2/c1-7-11(12(14)15)10(2)13-16(3,4)8-9-17(13,5)6/h7-9H2,1-6H3,(H,14,15)/b11-10-. The minimum atomic E-state index is -1.34. The molecule has 0 aliphatic carbocycles. The largest absolute Gasteiger partial charge is 0.427 e. The summed E-state index contributed by atoms with van der Waals surface area (Å²) in [6.07, 6.45) is 0.791. The van der Waals surface area contributed by atoms with Gasteiger partial charge in [0.2, 0.25) is 5.12 Å². The van der Waals surface area contributed by atoms with Crippen LogP contribution >= 0.6 is 12.6 Å². The maximum Gasteiger partial charge on any atom is 0.213 e. The second-order valence-corrected chi connectivity index (χ2v) is 16.2. The van der Waals surface area contributed by atoms with Gasteiger partial charge in [0.15, 0.2) is 0 Å². The second kappa shape index (κ2) is 4.93. The zero-order chi connectivity index (χ0) is 13.4. The molecule has 0 aromatic heterocycles. The Morgan fingerprint density at radius 2 is 1.59 bits per heavy atom. The predicted molar refractivity (Wildman–Crippen MR) is 83.4 cm³/mol. The smallest absolute Gasteiger partial charge is 0.213 e. The number of carbonyl (C=O) groups is 1. The van der Waals surface area contributed by atoms with Crippen molar-refractivity contribution in [2.24, 2.45) is 0 Å². The van der Waals surface area contributed by atoms with E-state index >= 15 is 0 Å². The third-order valence-electron chi connectivity index (χ3n) is 3.94. The quantitative estimate of drug-likeness (QED) is 0.483. The van der Waals surface area contributed by atoms with E-state index in [1.807, 2.05) is 6.92 Å². The van der Waals surface area contributed by atoms with Crippen molar-refractivity contribution in [2.45, 2.75) is 58.5 Å². The maximum atomic E-state index is 11.6. The van der Waals surface area contributed by atoms with Gasteiger partial charge in [0.05, 0.1) is 0 Å². The highest BCUT2D eigenvalue weighted by atomic mass is 32.1. The molecule has 1 rings (SSSR count). The zero-order valence-electron chi connectivity index (χ0n) is 11.9. The number of hydrogen-bond acceptors (Lipinski definition) is 2. The molecule has 2 nitrogen and oxygen atoms in total. The topological polar surface area (TPSA) is 20.3 Å². The third-order valence-corrected chi connectivity index (χ3v) is 14.4. The molecular weight excluding hydrogens is 262 g/mol. The summed E-state index contributed by atoms with van der Waals surface area (Å²) in [6, 6.07) is 2.72. The SMILES string of the molecule is CC/C(C(=O)S)=C(\C)N1[Si](C)(C)CC[Si]1(C)C. The Balaban J connectivity index is 3.25. The lowest BCUT2D eigenvalue weighted by Crippen LogP contribution is -2.53. The van der Waals surface area contributed by atoms with E-state index in [2.05, 4.69) is 50.0 Å². The maximum absolute atomic E-state index is 11.6. The lowest BCUT2D eigenvalue weighted by Gasteiger charge is -2.43. The van der Waals surface area contributed by atoms with Crippen LogP contribution in [0.4, 0.5) is 0 Å². The van der Waals surface area contributed by atoms with E-state index in [1.165, 1.54) is 17.8 Å². The average molecular weight is 288 g/mol. The number of allylic oxidation sites excluding steroid dienone is 1. The molecule has 1 aliphatic heterocycles. The Morgan fingerprint density at radius 1 is 1.18 bits per heavy atom. The van der Waals surface area contributed by atoms with Gasteiger partial charge in [-0.05, 0) is 25.4 Å². The Hall–Kier alpha value is -0.00623. The van der Waals surface area contributed by atoms with Gasteiger partial charge in [0.1, 0.15) is 16.5 Å². The van der Waals surface area contributed by atoms with Crippen molar-refractivity contribution in [1.29, 1.82) is 0 Å². The molecule has 0 saturated carbocycles. The molecule has 0 aromatic rings. The molecule has 0 atom stereocenters. The Kier molecular flexibility index (Phi) is 4.37. The van der Waals surface area contributed by atoms with Crippen LogP contribution in [0.5, 0.6) is 0 Å². The van der Waals surface area contributed by atoms with Gasteiger partial charge in [-0.1, -0.05) is 33.1 Å². The number of nitrogens with zero attached hydrogens (tertiary/aromatic N) is 1. The predicted octanol–water partition coefficient (Wildman–Crippen LogP) is 3.85. The van der Waals surface area contributed by atoms with Gasteiger partial charge in [0.25, 0.3) is 0 Å². The number of thiol groups is 1. The summed E-state index contributed by atoms with van der Waals surface area (Å²) >= 11 is 4.03. The summed E-state index contributed by atoms with van der Waals surface area (Å²) < 4.78 is 2.69. The molecule has 1 aliphatic rings. The monoisotopic (exact) mass is 287 g/mol. The van der Waals surface area contributed by atoms with Crippen molar-refractivity contribution in [1.82, 2.24) is 4.23 Å². The highest BCUT2D eigenvalue weighted by Crippen LogP contribution is 2.40. The molecule has 1 fully saturated rings. The molecule has 1 saturated heterocycles. The van der Waals surface area contributed by atoms with Crippen LogP contribution in [-0.4, -0.2) is 25.8 Å². The van der Waals surface area contributed by atoms with Crippen LogP contribution in [0.2, 0.25) is 38.3 Å². The van der Waals surface area contributed by atoms with Gasteiger partial charge >= 0.3 is 0 Å². The first-order valence-electron chi connectivity index (χ1n) is 6.37. The first kappa shape index (κ1) is 15.1. The Morgan fingerprint density at radius 3 is 1.88 bits per heavy atom. The van der Waals surface area contributed by atoms with Gasteiger partial charge in [-0.3, -0.25) is 4.79 Å². The molecule has 0 bridgehead atoms. The van der Waals surface area contributed by atoms with Gasteiger partial charge in [0, 0.05) is 11.3 Å². The van der Waals surface area contributed by atoms with Crippen LogP contribution in [0.1, 0.15) is 20.3 Å². The Labute approximate surface area is 113 Å². The molecule has 1 heterocycles. The summed E-state index contributed by atoms with van der Waals surface area (Å²) in [4.78, 5) is 11.6. The molecule has 98 valence electrons. The number of carbonyl (C=O) groups excluding carboxylic acids is 1. The molecule has 0 aromatic carbocycles. The van der Waals surface area contributed by atoms with E-state index in [9.17, 15) is 4.79 Å². The summed E-state index contributed by atoms with van der Waals surface area (Å²) in [5.74, 6) is 0. The summed E-state index contributed by atoms with van der Waals surface area (Å²) in [7, 11) is -2.68. The van der Waals surface area contributed by atoms with E-state index in [0.717, 1.165) is 12.0 Å². The van der Waals surface area contributed by atoms with Crippen LogP contribution in [-0.2, 0) is 4.79 Å². The molecule has 0 spiro atoms. The lowest BCUT2D eigenvalue weighted by atomic mass is 10.2. The number of rotatable bonds is 3. The molecule has 0 radical (unpaired) electrons. The van der Waals surface area contributed by atoms with Crippen LogP contribution in [0.15, 0.2) is 11.3 Å². The first-order valence-corrected chi connectivity index (χ1v) is 13.1. The van der Waals surface area contributed by atoms with E-state index in [1.54, 1.807) is 0 Å². The molecular formula is C12H25NOSSi2. The van der Waals surface area contributed by atoms with Crippen molar-refractivity contribution in [3.05, 3.63) is 11.3 Å². The van der Waals surface area contributed by atoms with Crippen LogP contribution in [0.25, 0.3) is 0 Å². The summed E-state index contributed by atoms with van der Waals surface area (Å²) in [5, 5.41) is -0.0495. The Bertz CT molecular complexity index is 348. The van der Waals surface area contributed by atoms with E-state index in [4.69, 9.17) is 0 Å². The molecule has 0 amide bonds. The van der Waals surface area contributed by atoms with Gasteiger partial charge in [-0.25, -0.2) is 0 Å². The minimum Gasteiger partial charge on any atom is -0.427 e. The first-order chi connectivity index (χ1) is 7.63. The number of hydrogen-bond donors (Lipinski definition) is 1. The van der Waals surface area contributed by atoms with Crippen molar-refractivity contribution in [3.63, 3.8) is 0 Å². The van der Waals surface area contributed by atoms with Crippen molar-refractivity contribution < 1.29 is 4.79 Å². The average Bonchev–Trinajstić information content (AvgIpc) is 2.35. The minimum absolute atomic E-state index is 0.0495. The fourth-order valence-corrected chi connectivity index (χ4v) is 18.2. The highest BCUT2D eigenvalue weighted by Gasteiger charge is 2.47. The highest BCUT2D eigenvalue weighted by molar-refractivity contribution is 7.97. The molecule has 0 N–H and O–H groups in total. The van der Waals surface area contributed by atoms with E-state index in [0.29, 0.717) is 0 Å². The normalized spacial score (nSPS) is 23.6. The van der Waals surface area contributed by atoms with Gasteiger partial charge < -0.3 is 4.23 Å². The van der Waals surface area contributed by atoms with Crippen LogP contribution in [0.3, 0.4) is 0 Å². The molecule has 17 heavy (non-hydrogen) atoms. The van der Waals surface area contributed by atoms with Gasteiger partial charge in [-0.15, -0.1) is 12.6 Å². The lowest BCUT2D eigenvalue weighted by molar-refractivity contribution is -0.107. The van der Waals surface area contributed by atoms with Crippen LogP contribution < -0.4 is 0 Å². The molecule has 5 heteroatoms. The second-order valence-electron chi connectivity index (χ2n) is 6.18. The zero-order valence-corrected chi connectivity index (χ0v) is 14.8. The summed E-state index contributed by atoms with van der Waals surface area (Å²) in [6.45, 7) is 13.9. The van der Waals surface area contributed by atoms with E-state index < -0.39 is 16.5 Å². The van der Waals surface area contributed by atoms with Crippen molar-refractivity contribution in [3.8, 4) is 0 Å². The fraction of sp³-hybridized carbons (Fsp3) is 0.750. The fourth-order valence-electron chi connectivity index (χ4n) is 3.26. The van der Waals surface area contributed by atoms with Crippen LogP contribution in [0, 0.1) is 0 Å². The summed E-state index contributed by atoms with van der Waals surface area (Å²) in [5.41, 5.74) is 2.13. The van der Waals surface area contributed by atoms with Crippen molar-refractivity contribution in [2.75, 3.05) is 0 Å². The van der Waals surface area contributed by atoms with Gasteiger partial charge in [-0.2, -0.15) is 0 Å². The molecule has 0 unspecified atom stereocenters. The third kappa shape index (κ3) is 2.88. The van der Waals surface area contributed by atoms with E-state index in [-0.39, 0.29) is 5.12 Å². The van der Waals surface area contributed by atoms with Crippen molar-refractivity contribution >= 4 is 34.2 Å².